The van der Waals surface area contributed by atoms with Gasteiger partial charge >= 0.3 is 0 Å². The molecule has 0 saturated carbocycles. The Bertz CT molecular complexity index is 786. The Morgan fingerprint density at radius 1 is 1.45 bits per heavy atom. The fourth-order valence-electron chi connectivity index (χ4n) is 2.57. The van der Waals surface area contributed by atoms with E-state index in [1.807, 2.05) is 6.07 Å². The van der Waals surface area contributed by atoms with Gasteiger partial charge in [0.2, 0.25) is 0 Å². The van der Waals surface area contributed by atoms with Crippen LogP contribution in [0.2, 0.25) is 10.0 Å². The number of rotatable bonds is 2. The summed E-state index contributed by atoms with van der Waals surface area (Å²) in [5, 5.41) is 11.4. The minimum atomic E-state index is 0.537. The van der Waals surface area contributed by atoms with Crippen LogP contribution in [0.4, 0.5) is 0 Å². The van der Waals surface area contributed by atoms with Crippen LogP contribution >= 0.6 is 34.5 Å². The molecule has 1 aromatic heterocycles. The van der Waals surface area contributed by atoms with Crippen LogP contribution in [-0.2, 0) is 12.8 Å². The Balaban J connectivity index is 1.98. The van der Waals surface area contributed by atoms with Crippen molar-refractivity contribution in [1.29, 1.82) is 5.26 Å². The zero-order valence-corrected chi connectivity index (χ0v) is 14.4. The molecule has 112 valence electrons. The van der Waals surface area contributed by atoms with Gasteiger partial charge in [-0.3, -0.25) is 0 Å². The van der Waals surface area contributed by atoms with Gasteiger partial charge in [-0.1, -0.05) is 36.2 Å². The number of allylic oxidation sites excluding steroid dienone is 1. The van der Waals surface area contributed by atoms with Crippen LogP contribution < -0.4 is 0 Å². The summed E-state index contributed by atoms with van der Waals surface area (Å²) in [5.41, 5.74) is 2.49. The van der Waals surface area contributed by atoms with Crippen molar-refractivity contribution in [3.63, 3.8) is 0 Å². The second-order valence-corrected chi connectivity index (χ2v) is 7.50. The number of fused-ring (bicyclic) bond motifs is 1. The van der Waals surface area contributed by atoms with Crippen molar-refractivity contribution in [1.82, 2.24) is 4.98 Å². The molecule has 2 aromatic rings. The predicted octanol–water partition coefficient (Wildman–Crippen LogP) is 5.64. The molecule has 0 spiro atoms. The van der Waals surface area contributed by atoms with Crippen molar-refractivity contribution < 1.29 is 0 Å². The molecule has 22 heavy (non-hydrogen) atoms. The monoisotopic (exact) mass is 348 g/mol. The third kappa shape index (κ3) is 3.20. The zero-order chi connectivity index (χ0) is 15.7. The summed E-state index contributed by atoms with van der Waals surface area (Å²) >= 11 is 13.7. The minimum Gasteiger partial charge on any atom is -0.240 e. The van der Waals surface area contributed by atoms with E-state index in [9.17, 15) is 5.26 Å². The number of hydrogen-bond donors (Lipinski definition) is 0. The van der Waals surface area contributed by atoms with E-state index in [2.05, 4.69) is 18.0 Å². The molecule has 1 aliphatic rings. The molecule has 0 aliphatic heterocycles. The summed E-state index contributed by atoms with van der Waals surface area (Å²) in [5.74, 6) is 0.695. The summed E-state index contributed by atoms with van der Waals surface area (Å²) in [7, 11) is 0. The van der Waals surface area contributed by atoms with Crippen molar-refractivity contribution >= 4 is 46.2 Å². The molecule has 0 bridgehead atoms. The van der Waals surface area contributed by atoms with Crippen molar-refractivity contribution in [2.24, 2.45) is 5.92 Å². The maximum absolute atomic E-state index is 9.48. The Labute approximate surface area is 144 Å². The molecule has 1 atom stereocenters. The molecular formula is C17H14Cl2N2S. The van der Waals surface area contributed by atoms with Crippen LogP contribution in [0.5, 0.6) is 0 Å². The lowest BCUT2D eigenvalue weighted by Crippen LogP contribution is -2.09. The first-order chi connectivity index (χ1) is 10.6. The van der Waals surface area contributed by atoms with E-state index in [1.165, 1.54) is 11.3 Å². The number of halogens is 2. The van der Waals surface area contributed by atoms with Gasteiger partial charge in [-0.25, -0.2) is 4.98 Å². The molecule has 5 heteroatoms. The van der Waals surface area contributed by atoms with E-state index >= 15 is 0 Å². The van der Waals surface area contributed by atoms with Crippen LogP contribution in [0.1, 0.15) is 34.5 Å². The number of thiazole rings is 1. The quantitative estimate of drug-likeness (QED) is 0.658. The molecule has 1 aromatic carbocycles. The van der Waals surface area contributed by atoms with E-state index in [1.54, 1.807) is 29.5 Å². The summed E-state index contributed by atoms with van der Waals surface area (Å²) < 4.78 is 0. The fourth-order valence-corrected chi connectivity index (χ4v) is 4.27. The van der Waals surface area contributed by atoms with E-state index in [0.29, 0.717) is 21.5 Å². The number of aryl methyl sites for hydroxylation is 1. The molecule has 0 unspecified atom stereocenters. The molecule has 2 nitrogen and oxygen atoms in total. The van der Waals surface area contributed by atoms with Gasteiger partial charge in [-0.05, 0) is 49.0 Å². The largest absolute Gasteiger partial charge is 0.240 e. The molecule has 0 N–H and O–H groups in total. The van der Waals surface area contributed by atoms with Crippen LogP contribution in [0.15, 0.2) is 18.2 Å². The van der Waals surface area contributed by atoms with Gasteiger partial charge in [0.15, 0.2) is 0 Å². The number of benzene rings is 1. The highest BCUT2D eigenvalue weighted by Crippen LogP contribution is 2.33. The van der Waals surface area contributed by atoms with Gasteiger partial charge in [0.25, 0.3) is 0 Å². The van der Waals surface area contributed by atoms with E-state index in [0.717, 1.165) is 29.1 Å². The lowest BCUT2D eigenvalue weighted by Gasteiger charge is -2.15. The first kappa shape index (κ1) is 15.6. The fraction of sp³-hybridized carbons (Fsp3) is 0.294. The Morgan fingerprint density at radius 2 is 2.27 bits per heavy atom. The highest BCUT2D eigenvalue weighted by atomic mass is 35.5. The third-order valence-corrected chi connectivity index (χ3v) is 5.51. The molecule has 3 rings (SSSR count). The van der Waals surface area contributed by atoms with Crippen molar-refractivity contribution in [2.45, 2.75) is 26.2 Å². The standard InChI is InChI=1S/C17H14Cl2N2S/c1-10-2-5-15-16(6-10)22-17(21-15)12(9-20)7-11-3-4-13(18)8-14(11)19/h3-4,7-8,10H,2,5-6H2,1H3/b12-7+/t10-/m0/s1. The lowest BCUT2D eigenvalue weighted by atomic mass is 9.93. The smallest absolute Gasteiger partial charge is 0.134 e. The zero-order valence-electron chi connectivity index (χ0n) is 12.1. The molecule has 0 fully saturated rings. The van der Waals surface area contributed by atoms with Gasteiger partial charge in [0, 0.05) is 14.9 Å². The van der Waals surface area contributed by atoms with Crippen LogP contribution in [0, 0.1) is 17.2 Å². The maximum Gasteiger partial charge on any atom is 0.134 e. The highest BCUT2D eigenvalue weighted by Gasteiger charge is 2.21. The first-order valence-electron chi connectivity index (χ1n) is 7.12. The topological polar surface area (TPSA) is 36.7 Å². The average Bonchev–Trinajstić information content (AvgIpc) is 2.89. The number of aromatic nitrogens is 1. The van der Waals surface area contributed by atoms with Crippen molar-refractivity contribution in [3.05, 3.63) is 49.4 Å². The van der Waals surface area contributed by atoms with E-state index < -0.39 is 0 Å². The maximum atomic E-state index is 9.48. The third-order valence-electron chi connectivity index (χ3n) is 3.80. The van der Waals surface area contributed by atoms with Crippen LogP contribution in [-0.4, -0.2) is 4.98 Å². The average molecular weight is 349 g/mol. The van der Waals surface area contributed by atoms with Crippen LogP contribution in [0.25, 0.3) is 11.6 Å². The summed E-state index contributed by atoms with van der Waals surface area (Å²) in [6.45, 7) is 2.26. The minimum absolute atomic E-state index is 0.537. The SMILES string of the molecule is C[C@H]1CCc2nc(/C(C#N)=C/c3ccc(Cl)cc3Cl)sc2C1. The first-order valence-corrected chi connectivity index (χ1v) is 8.70. The van der Waals surface area contributed by atoms with Gasteiger partial charge < -0.3 is 0 Å². The summed E-state index contributed by atoms with van der Waals surface area (Å²) in [4.78, 5) is 5.98. The van der Waals surface area contributed by atoms with Crippen molar-refractivity contribution in [2.75, 3.05) is 0 Å². The van der Waals surface area contributed by atoms with Crippen LogP contribution in [0.3, 0.4) is 0 Å². The van der Waals surface area contributed by atoms with Crippen molar-refractivity contribution in [3.8, 4) is 6.07 Å². The van der Waals surface area contributed by atoms with E-state index in [4.69, 9.17) is 23.2 Å². The molecular weight excluding hydrogens is 335 g/mol. The molecule has 0 amide bonds. The Hall–Kier alpha value is -1.34. The second kappa shape index (κ2) is 6.42. The molecule has 1 aliphatic carbocycles. The number of hydrogen-bond acceptors (Lipinski definition) is 3. The van der Waals surface area contributed by atoms with E-state index in [-0.39, 0.29) is 0 Å². The summed E-state index contributed by atoms with van der Waals surface area (Å²) in [6, 6.07) is 7.51. The Kier molecular flexibility index (Phi) is 4.54. The molecule has 0 radical (unpaired) electrons. The summed E-state index contributed by atoms with van der Waals surface area (Å²) in [6.07, 6.45) is 5.03. The van der Waals surface area contributed by atoms with Gasteiger partial charge in [0.1, 0.15) is 11.1 Å². The van der Waals surface area contributed by atoms with Gasteiger partial charge in [-0.2, -0.15) is 5.26 Å². The highest BCUT2D eigenvalue weighted by molar-refractivity contribution is 7.13. The molecule has 1 heterocycles. The predicted molar refractivity (Wildman–Crippen MR) is 93.2 cm³/mol. The van der Waals surface area contributed by atoms with Gasteiger partial charge in [-0.15, -0.1) is 11.3 Å². The number of nitrogens with zero attached hydrogens (tertiary/aromatic N) is 2. The molecule has 0 saturated heterocycles. The lowest BCUT2D eigenvalue weighted by molar-refractivity contribution is 0.502. The van der Waals surface area contributed by atoms with Gasteiger partial charge in [0.05, 0.1) is 11.3 Å². The normalized spacial score (nSPS) is 17.9. The Morgan fingerprint density at radius 3 is 3.00 bits per heavy atom. The number of nitriles is 1. The second-order valence-electron chi connectivity index (χ2n) is 5.57.